The first kappa shape index (κ1) is 14.2. The maximum absolute atomic E-state index is 12.4. The average Bonchev–Trinajstić information content (AvgIpc) is 2.83. The molecule has 1 saturated carbocycles. The second-order valence-corrected chi connectivity index (χ2v) is 6.31. The monoisotopic (exact) mass is 283 g/mol. The molecule has 3 N–H and O–H groups in total. The number of hydrogen-bond donors (Lipinski definition) is 2. The second-order valence-electron chi connectivity index (χ2n) is 5.00. The topological polar surface area (TPSA) is 87.9 Å². The molecule has 1 aliphatic carbocycles. The Kier molecular flexibility index (Phi) is 4.68. The Hall–Kier alpha value is -1.24. The molecule has 0 aliphatic heterocycles. The number of nitrogens with one attached hydrogen (secondary N) is 1. The van der Waals surface area contributed by atoms with Crippen LogP contribution < -0.4 is 5.73 Å². The van der Waals surface area contributed by atoms with Crippen LogP contribution in [0.25, 0.3) is 0 Å². The Bertz CT molecular complexity index is 430. The molecular weight excluding hydrogens is 262 g/mol. The lowest BCUT2D eigenvalue weighted by atomic mass is 9.94. The van der Waals surface area contributed by atoms with Gasteiger partial charge in [-0.2, -0.15) is 4.98 Å². The summed E-state index contributed by atoms with van der Waals surface area (Å²) in [4.78, 5) is 18.3. The lowest BCUT2D eigenvalue weighted by molar-refractivity contribution is -0.131. The van der Waals surface area contributed by atoms with Crippen LogP contribution >= 0.6 is 11.8 Å². The molecular formula is C12H21N5OS. The second kappa shape index (κ2) is 6.27. The minimum Gasteiger partial charge on any atom is -0.368 e. The number of carbonyl (C=O) groups excluding carboxylic acids is 1. The normalized spacial score (nSPS) is 18.2. The maximum Gasteiger partial charge on any atom is 0.235 e. The summed E-state index contributed by atoms with van der Waals surface area (Å²) in [6.07, 6.45) is 5.97. The summed E-state index contributed by atoms with van der Waals surface area (Å²) in [5.41, 5.74) is 5.47. The zero-order valence-electron chi connectivity index (χ0n) is 11.4. The molecule has 1 atom stereocenters. The van der Waals surface area contributed by atoms with Crippen molar-refractivity contribution < 1.29 is 4.79 Å². The fourth-order valence-electron chi connectivity index (χ4n) is 2.45. The predicted octanol–water partition coefficient (Wildman–Crippen LogP) is 1.66. The molecule has 106 valence electrons. The lowest BCUT2D eigenvalue weighted by Crippen LogP contribution is -2.42. The zero-order chi connectivity index (χ0) is 13.8. The number of aromatic amines is 1. The highest BCUT2D eigenvalue weighted by atomic mass is 32.2. The summed E-state index contributed by atoms with van der Waals surface area (Å²) >= 11 is 1.34. The summed E-state index contributed by atoms with van der Waals surface area (Å²) in [6.45, 7) is 1.89. The van der Waals surface area contributed by atoms with Gasteiger partial charge in [-0.3, -0.25) is 4.79 Å². The van der Waals surface area contributed by atoms with Crippen molar-refractivity contribution in [2.75, 3.05) is 12.8 Å². The van der Waals surface area contributed by atoms with Gasteiger partial charge in [0, 0.05) is 13.1 Å². The van der Waals surface area contributed by atoms with Crippen molar-refractivity contribution in [1.29, 1.82) is 0 Å². The van der Waals surface area contributed by atoms with Crippen molar-refractivity contribution >= 4 is 23.6 Å². The molecule has 1 amide bonds. The Morgan fingerprint density at radius 3 is 2.74 bits per heavy atom. The molecule has 1 heterocycles. The number of H-pyrrole nitrogens is 1. The minimum absolute atomic E-state index is 0.139. The molecule has 6 nitrogen and oxygen atoms in total. The standard InChI is InChI=1S/C12H21N5OS/c1-8(19-12-14-11(13)15-16-12)10(18)17(2)9-6-4-3-5-7-9/h8-9H,3-7H2,1-2H3,(H3,13,14,15,16)/t8-/m1/s1. The Balaban J connectivity index is 1.90. The van der Waals surface area contributed by atoms with Crippen molar-refractivity contribution in [2.24, 2.45) is 0 Å². The van der Waals surface area contributed by atoms with Crippen LogP contribution in [0.2, 0.25) is 0 Å². The third-order valence-corrected chi connectivity index (χ3v) is 4.53. The van der Waals surface area contributed by atoms with Crippen molar-refractivity contribution in [3.05, 3.63) is 0 Å². The first-order valence-electron chi connectivity index (χ1n) is 6.69. The van der Waals surface area contributed by atoms with Gasteiger partial charge in [0.05, 0.1) is 5.25 Å². The molecule has 0 radical (unpaired) electrons. The quantitative estimate of drug-likeness (QED) is 0.820. The van der Waals surface area contributed by atoms with E-state index in [-0.39, 0.29) is 17.1 Å². The van der Waals surface area contributed by atoms with Crippen LogP contribution in [0.4, 0.5) is 5.95 Å². The highest BCUT2D eigenvalue weighted by molar-refractivity contribution is 8.00. The van der Waals surface area contributed by atoms with E-state index in [9.17, 15) is 4.79 Å². The molecule has 1 aromatic heterocycles. The fraction of sp³-hybridized carbons (Fsp3) is 0.750. The molecule has 7 heteroatoms. The molecule has 2 rings (SSSR count). The maximum atomic E-state index is 12.4. The molecule has 0 saturated heterocycles. The number of nitrogen functional groups attached to an aromatic ring is 1. The van der Waals surface area contributed by atoms with Gasteiger partial charge in [0.25, 0.3) is 0 Å². The summed E-state index contributed by atoms with van der Waals surface area (Å²) in [7, 11) is 1.90. The number of amides is 1. The smallest absolute Gasteiger partial charge is 0.235 e. The first-order valence-corrected chi connectivity index (χ1v) is 7.57. The summed E-state index contributed by atoms with van der Waals surface area (Å²) in [6, 6.07) is 0.390. The average molecular weight is 283 g/mol. The van der Waals surface area contributed by atoms with Gasteiger partial charge < -0.3 is 10.6 Å². The van der Waals surface area contributed by atoms with E-state index in [1.165, 1.54) is 31.0 Å². The van der Waals surface area contributed by atoms with Crippen LogP contribution in [0.15, 0.2) is 5.16 Å². The van der Waals surface area contributed by atoms with E-state index in [0.717, 1.165) is 12.8 Å². The third kappa shape index (κ3) is 3.62. The molecule has 19 heavy (non-hydrogen) atoms. The highest BCUT2D eigenvalue weighted by Crippen LogP contribution is 2.25. The molecule has 0 aromatic carbocycles. The lowest BCUT2D eigenvalue weighted by Gasteiger charge is -2.32. The largest absolute Gasteiger partial charge is 0.368 e. The molecule has 0 spiro atoms. The third-order valence-electron chi connectivity index (χ3n) is 3.58. The van der Waals surface area contributed by atoms with Crippen molar-refractivity contribution in [3.8, 4) is 0 Å². The van der Waals surface area contributed by atoms with E-state index < -0.39 is 0 Å². The molecule has 0 unspecified atom stereocenters. The van der Waals surface area contributed by atoms with E-state index in [1.807, 2.05) is 18.9 Å². The number of thioether (sulfide) groups is 1. The first-order chi connectivity index (χ1) is 9.08. The summed E-state index contributed by atoms with van der Waals surface area (Å²) in [5, 5.41) is 6.85. The molecule has 1 aliphatic rings. The number of rotatable bonds is 4. The van der Waals surface area contributed by atoms with Gasteiger partial charge in [0.15, 0.2) is 0 Å². The SMILES string of the molecule is C[C@@H](Sc1n[nH]c(N)n1)C(=O)N(C)C1CCCCC1. The van der Waals surface area contributed by atoms with Gasteiger partial charge in [-0.15, -0.1) is 5.10 Å². The van der Waals surface area contributed by atoms with Gasteiger partial charge in [0.2, 0.25) is 17.0 Å². The number of nitrogens with zero attached hydrogens (tertiary/aromatic N) is 3. The fourth-order valence-corrected chi connectivity index (χ4v) is 3.29. The number of aromatic nitrogens is 3. The Morgan fingerprint density at radius 2 is 2.16 bits per heavy atom. The van der Waals surface area contributed by atoms with Crippen molar-refractivity contribution in [1.82, 2.24) is 20.1 Å². The minimum atomic E-state index is -0.192. The Labute approximate surface area is 117 Å². The molecule has 1 fully saturated rings. The van der Waals surface area contributed by atoms with Gasteiger partial charge >= 0.3 is 0 Å². The number of hydrogen-bond acceptors (Lipinski definition) is 5. The van der Waals surface area contributed by atoms with Crippen LogP contribution in [0, 0.1) is 0 Å². The van der Waals surface area contributed by atoms with Gasteiger partial charge in [-0.1, -0.05) is 31.0 Å². The van der Waals surface area contributed by atoms with E-state index in [2.05, 4.69) is 15.2 Å². The van der Waals surface area contributed by atoms with Crippen molar-refractivity contribution in [2.45, 2.75) is 55.5 Å². The van der Waals surface area contributed by atoms with E-state index in [4.69, 9.17) is 5.73 Å². The van der Waals surface area contributed by atoms with Gasteiger partial charge in [-0.25, -0.2) is 5.10 Å². The van der Waals surface area contributed by atoms with E-state index in [0.29, 0.717) is 11.2 Å². The van der Waals surface area contributed by atoms with E-state index >= 15 is 0 Å². The molecule has 1 aromatic rings. The zero-order valence-corrected chi connectivity index (χ0v) is 12.2. The van der Waals surface area contributed by atoms with Crippen LogP contribution in [-0.4, -0.2) is 44.3 Å². The highest BCUT2D eigenvalue weighted by Gasteiger charge is 2.26. The number of anilines is 1. The van der Waals surface area contributed by atoms with Gasteiger partial charge in [-0.05, 0) is 19.8 Å². The van der Waals surface area contributed by atoms with Crippen LogP contribution in [-0.2, 0) is 4.79 Å². The molecule has 0 bridgehead atoms. The number of nitrogens with two attached hydrogens (primary N) is 1. The van der Waals surface area contributed by atoms with Crippen molar-refractivity contribution in [3.63, 3.8) is 0 Å². The summed E-state index contributed by atoms with van der Waals surface area (Å²) in [5.74, 6) is 0.419. The van der Waals surface area contributed by atoms with Crippen LogP contribution in [0.3, 0.4) is 0 Å². The van der Waals surface area contributed by atoms with E-state index in [1.54, 1.807) is 0 Å². The number of carbonyl (C=O) groups is 1. The predicted molar refractivity (Wildman–Crippen MR) is 75.8 cm³/mol. The Morgan fingerprint density at radius 1 is 1.47 bits per heavy atom. The van der Waals surface area contributed by atoms with Crippen LogP contribution in [0.1, 0.15) is 39.0 Å². The summed E-state index contributed by atoms with van der Waals surface area (Å²) < 4.78 is 0. The van der Waals surface area contributed by atoms with Gasteiger partial charge in [0.1, 0.15) is 0 Å². The van der Waals surface area contributed by atoms with Crippen LogP contribution in [0.5, 0.6) is 0 Å².